The number of rotatable bonds is 8. The summed E-state index contributed by atoms with van der Waals surface area (Å²) in [7, 11) is 0. The standard InChI is InChI=1S/C17H34N4O.HI/c1-3-15(4-2)16(21-8-10-22-11-9-21)13-20-17(18)19-12-14-6-5-7-14;/h14-16H,3-13H2,1-2H3,(H3,18,19,20);1H. The summed E-state index contributed by atoms with van der Waals surface area (Å²) in [6.45, 7) is 10.1. The quantitative estimate of drug-likeness (QED) is 0.347. The van der Waals surface area contributed by atoms with E-state index >= 15 is 0 Å². The predicted molar refractivity (Wildman–Crippen MR) is 108 cm³/mol. The van der Waals surface area contributed by atoms with Gasteiger partial charge in [-0.2, -0.15) is 0 Å². The highest BCUT2D eigenvalue weighted by atomic mass is 127. The van der Waals surface area contributed by atoms with Crippen LogP contribution in [-0.2, 0) is 4.74 Å². The fourth-order valence-electron chi connectivity index (χ4n) is 3.50. The van der Waals surface area contributed by atoms with E-state index in [1.165, 1.54) is 32.1 Å². The minimum atomic E-state index is 0. The van der Waals surface area contributed by atoms with Gasteiger partial charge in [-0.1, -0.05) is 33.1 Å². The van der Waals surface area contributed by atoms with E-state index < -0.39 is 0 Å². The van der Waals surface area contributed by atoms with E-state index in [-0.39, 0.29) is 24.0 Å². The molecule has 0 spiro atoms. The van der Waals surface area contributed by atoms with Gasteiger partial charge in [0.15, 0.2) is 5.96 Å². The van der Waals surface area contributed by atoms with Crippen molar-refractivity contribution < 1.29 is 4.74 Å². The Bertz CT molecular complexity index is 339. The predicted octanol–water partition coefficient (Wildman–Crippen LogP) is 2.45. The third-order valence-electron chi connectivity index (χ3n) is 5.35. The summed E-state index contributed by atoms with van der Waals surface area (Å²) < 4.78 is 5.49. The number of hydrogen-bond donors (Lipinski definition) is 2. The number of halogens is 1. The molecule has 1 aliphatic carbocycles. The van der Waals surface area contributed by atoms with Gasteiger partial charge in [-0.15, -0.1) is 24.0 Å². The number of nitrogens with zero attached hydrogens (tertiary/aromatic N) is 2. The highest BCUT2D eigenvalue weighted by Gasteiger charge is 2.26. The number of nitrogens with two attached hydrogens (primary N) is 1. The van der Waals surface area contributed by atoms with Gasteiger partial charge in [0, 0.05) is 25.7 Å². The Labute approximate surface area is 158 Å². The molecule has 1 saturated heterocycles. The van der Waals surface area contributed by atoms with Gasteiger partial charge in [-0.25, -0.2) is 0 Å². The minimum absolute atomic E-state index is 0. The minimum Gasteiger partial charge on any atom is -0.379 e. The van der Waals surface area contributed by atoms with Crippen LogP contribution in [0.15, 0.2) is 4.99 Å². The van der Waals surface area contributed by atoms with Crippen molar-refractivity contribution >= 4 is 29.9 Å². The maximum absolute atomic E-state index is 6.06. The molecule has 23 heavy (non-hydrogen) atoms. The van der Waals surface area contributed by atoms with Gasteiger partial charge in [0.1, 0.15) is 0 Å². The van der Waals surface area contributed by atoms with E-state index in [0.717, 1.165) is 45.3 Å². The number of guanidine groups is 1. The average molecular weight is 438 g/mol. The summed E-state index contributed by atoms with van der Waals surface area (Å²) in [6.07, 6.45) is 6.44. The molecular formula is C17H35IN4O. The van der Waals surface area contributed by atoms with Crippen molar-refractivity contribution in [3.8, 4) is 0 Å². The molecule has 2 fully saturated rings. The normalized spacial score (nSPS) is 21.6. The van der Waals surface area contributed by atoms with Crippen molar-refractivity contribution in [3.63, 3.8) is 0 Å². The van der Waals surface area contributed by atoms with E-state index in [9.17, 15) is 0 Å². The molecule has 1 heterocycles. The molecule has 0 amide bonds. The third-order valence-corrected chi connectivity index (χ3v) is 5.35. The van der Waals surface area contributed by atoms with Crippen molar-refractivity contribution in [2.45, 2.75) is 52.0 Å². The van der Waals surface area contributed by atoms with Crippen LogP contribution in [-0.4, -0.2) is 56.3 Å². The van der Waals surface area contributed by atoms with Crippen LogP contribution < -0.4 is 11.1 Å². The lowest BCUT2D eigenvalue weighted by atomic mass is 9.85. The Kier molecular flexibility index (Phi) is 10.5. The lowest BCUT2D eigenvalue weighted by Gasteiger charge is -2.38. The molecular weight excluding hydrogens is 403 g/mol. The number of hydrogen-bond acceptors (Lipinski definition) is 3. The molecule has 1 saturated carbocycles. The topological polar surface area (TPSA) is 62.9 Å². The largest absolute Gasteiger partial charge is 0.379 e. The van der Waals surface area contributed by atoms with Crippen LogP contribution in [0.25, 0.3) is 0 Å². The molecule has 6 heteroatoms. The third kappa shape index (κ3) is 6.74. The van der Waals surface area contributed by atoms with Crippen LogP contribution >= 0.6 is 24.0 Å². The zero-order valence-corrected chi connectivity index (χ0v) is 17.1. The monoisotopic (exact) mass is 438 g/mol. The molecule has 1 aliphatic heterocycles. The first kappa shape index (κ1) is 21.0. The summed E-state index contributed by atoms with van der Waals surface area (Å²) >= 11 is 0. The van der Waals surface area contributed by atoms with Crippen molar-refractivity contribution in [2.75, 3.05) is 39.4 Å². The first-order valence-corrected chi connectivity index (χ1v) is 9.10. The van der Waals surface area contributed by atoms with E-state index in [4.69, 9.17) is 10.5 Å². The Morgan fingerprint density at radius 2 is 1.91 bits per heavy atom. The number of aliphatic imine (C=N–C) groups is 1. The van der Waals surface area contributed by atoms with Crippen LogP contribution in [0.2, 0.25) is 0 Å². The maximum atomic E-state index is 6.06. The molecule has 136 valence electrons. The van der Waals surface area contributed by atoms with Crippen LogP contribution in [0.4, 0.5) is 0 Å². The molecule has 0 radical (unpaired) electrons. The van der Waals surface area contributed by atoms with Gasteiger partial charge in [0.05, 0.1) is 19.8 Å². The van der Waals surface area contributed by atoms with Gasteiger partial charge in [0.25, 0.3) is 0 Å². The number of nitrogens with one attached hydrogen (secondary N) is 1. The number of morpholine rings is 1. The zero-order valence-electron chi connectivity index (χ0n) is 14.8. The van der Waals surface area contributed by atoms with Crippen LogP contribution in [0.1, 0.15) is 46.0 Å². The van der Waals surface area contributed by atoms with Crippen LogP contribution in [0, 0.1) is 11.8 Å². The summed E-state index contributed by atoms with van der Waals surface area (Å²) in [4.78, 5) is 7.19. The van der Waals surface area contributed by atoms with Gasteiger partial charge >= 0.3 is 0 Å². The summed E-state index contributed by atoms with van der Waals surface area (Å²) in [5.41, 5.74) is 6.06. The second kappa shape index (κ2) is 11.5. The molecule has 0 aromatic heterocycles. The Morgan fingerprint density at radius 1 is 1.26 bits per heavy atom. The van der Waals surface area contributed by atoms with Gasteiger partial charge in [-0.3, -0.25) is 9.89 Å². The second-order valence-electron chi connectivity index (χ2n) is 6.70. The van der Waals surface area contributed by atoms with Crippen molar-refractivity contribution in [1.29, 1.82) is 0 Å². The Hall–Kier alpha value is -0.0800. The first-order chi connectivity index (χ1) is 10.7. The molecule has 5 nitrogen and oxygen atoms in total. The first-order valence-electron chi connectivity index (χ1n) is 9.10. The molecule has 1 unspecified atom stereocenters. The molecule has 2 rings (SSSR count). The van der Waals surface area contributed by atoms with Crippen LogP contribution in [0.3, 0.4) is 0 Å². The lowest BCUT2D eigenvalue weighted by molar-refractivity contribution is 0.00396. The fourth-order valence-corrected chi connectivity index (χ4v) is 3.50. The van der Waals surface area contributed by atoms with Crippen molar-refractivity contribution in [3.05, 3.63) is 0 Å². The molecule has 0 bridgehead atoms. The maximum Gasteiger partial charge on any atom is 0.188 e. The fraction of sp³-hybridized carbons (Fsp3) is 0.941. The molecule has 0 aromatic rings. The van der Waals surface area contributed by atoms with E-state index in [1.807, 2.05) is 0 Å². The molecule has 3 N–H and O–H groups in total. The smallest absolute Gasteiger partial charge is 0.188 e. The number of ether oxygens (including phenoxy) is 1. The van der Waals surface area contributed by atoms with Gasteiger partial charge in [0.2, 0.25) is 0 Å². The van der Waals surface area contributed by atoms with E-state index in [0.29, 0.717) is 17.9 Å². The Balaban J connectivity index is 0.00000264. The molecule has 2 aliphatic rings. The molecule has 0 aromatic carbocycles. The zero-order chi connectivity index (χ0) is 15.8. The lowest BCUT2D eigenvalue weighted by Crippen LogP contribution is -2.49. The highest BCUT2D eigenvalue weighted by Crippen LogP contribution is 2.25. The second-order valence-corrected chi connectivity index (χ2v) is 6.70. The Morgan fingerprint density at radius 3 is 2.43 bits per heavy atom. The van der Waals surface area contributed by atoms with Gasteiger partial charge in [-0.05, 0) is 24.7 Å². The average Bonchev–Trinajstić information content (AvgIpc) is 2.50. The van der Waals surface area contributed by atoms with E-state index in [1.54, 1.807) is 0 Å². The van der Waals surface area contributed by atoms with Crippen LogP contribution in [0.5, 0.6) is 0 Å². The van der Waals surface area contributed by atoms with E-state index in [2.05, 4.69) is 29.1 Å². The summed E-state index contributed by atoms with van der Waals surface area (Å²) in [5.74, 6) is 2.11. The summed E-state index contributed by atoms with van der Waals surface area (Å²) in [5, 5.41) is 3.30. The van der Waals surface area contributed by atoms with Crippen molar-refractivity contribution in [2.24, 2.45) is 22.6 Å². The summed E-state index contributed by atoms with van der Waals surface area (Å²) in [6, 6.07) is 0.489. The van der Waals surface area contributed by atoms with Gasteiger partial charge < -0.3 is 15.8 Å². The SMILES string of the molecule is CCC(CC)C(CN=C(N)NCC1CCC1)N1CCOCC1.I. The van der Waals surface area contributed by atoms with Crippen molar-refractivity contribution in [1.82, 2.24) is 10.2 Å². The molecule has 1 atom stereocenters. The highest BCUT2D eigenvalue weighted by molar-refractivity contribution is 14.0.